The Morgan fingerprint density at radius 2 is 1.74 bits per heavy atom. The Labute approximate surface area is 119 Å². The van der Waals surface area contributed by atoms with Crippen LogP contribution in [0.3, 0.4) is 0 Å². The van der Waals surface area contributed by atoms with E-state index in [9.17, 15) is 0 Å². The minimum Gasteiger partial charge on any atom is -0.320 e. The van der Waals surface area contributed by atoms with Gasteiger partial charge in [-0.2, -0.15) is 0 Å². The molecule has 0 saturated carbocycles. The molecule has 1 aromatic rings. The summed E-state index contributed by atoms with van der Waals surface area (Å²) in [5, 5.41) is 3.26. The Kier molecular flexibility index (Phi) is 6.57. The summed E-state index contributed by atoms with van der Waals surface area (Å²) in [6.07, 6.45) is 6.03. The Morgan fingerprint density at radius 3 is 2.32 bits per heavy atom. The highest BCUT2D eigenvalue weighted by Crippen LogP contribution is 2.28. The average Bonchev–Trinajstić information content (AvgIpc) is 2.42. The fourth-order valence-electron chi connectivity index (χ4n) is 2.54. The van der Waals surface area contributed by atoms with E-state index in [4.69, 9.17) is 0 Å². The summed E-state index contributed by atoms with van der Waals surface area (Å²) in [7, 11) is 2.04. The monoisotopic (exact) mass is 261 g/mol. The van der Waals surface area contributed by atoms with E-state index in [1.807, 2.05) is 7.05 Å². The van der Waals surface area contributed by atoms with Gasteiger partial charge in [0.05, 0.1) is 0 Å². The maximum Gasteiger partial charge on any atom is -0.00468 e. The van der Waals surface area contributed by atoms with Gasteiger partial charge in [-0.25, -0.2) is 0 Å². The van der Waals surface area contributed by atoms with Crippen molar-refractivity contribution in [3.63, 3.8) is 0 Å². The SMILES string of the molecule is CCc1ccc(CC)c(CCC(C)(C)CCNC)c1. The van der Waals surface area contributed by atoms with Crippen LogP contribution in [0.15, 0.2) is 18.2 Å². The summed E-state index contributed by atoms with van der Waals surface area (Å²) in [6, 6.07) is 7.04. The van der Waals surface area contributed by atoms with Gasteiger partial charge in [0.15, 0.2) is 0 Å². The summed E-state index contributed by atoms with van der Waals surface area (Å²) in [6.45, 7) is 10.4. The normalized spacial score (nSPS) is 11.8. The van der Waals surface area contributed by atoms with Crippen molar-refractivity contribution in [3.05, 3.63) is 34.9 Å². The van der Waals surface area contributed by atoms with E-state index in [-0.39, 0.29) is 0 Å². The van der Waals surface area contributed by atoms with Crippen LogP contribution in [0.1, 0.15) is 57.2 Å². The van der Waals surface area contributed by atoms with Crippen molar-refractivity contribution in [2.75, 3.05) is 13.6 Å². The molecule has 0 aliphatic rings. The molecule has 0 aliphatic carbocycles. The number of aryl methyl sites for hydroxylation is 3. The molecule has 1 rings (SSSR count). The molecule has 0 heterocycles. The second-order valence-electron chi connectivity index (χ2n) is 6.33. The Morgan fingerprint density at radius 1 is 1.00 bits per heavy atom. The van der Waals surface area contributed by atoms with Gasteiger partial charge in [-0.05, 0) is 67.8 Å². The molecular weight excluding hydrogens is 230 g/mol. The van der Waals surface area contributed by atoms with Gasteiger partial charge < -0.3 is 5.32 Å². The molecule has 0 atom stereocenters. The van der Waals surface area contributed by atoms with Crippen molar-refractivity contribution in [3.8, 4) is 0 Å². The number of hydrogen-bond donors (Lipinski definition) is 1. The fraction of sp³-hybridized carbons (Fsp3) is 0.667. The molecule has 0 aliphatic heterocycles. The lowest BCUT2D eigenvalue weighted by molar-refractivity contribution is 0.305. The first-order valence-electron chi connectivity index (χ1n) is 7.77. The zero-order valence-corrected chi connectivity index (χ0v) is 13.5. The van der Waals surface area contributed by atoms with Crippen LogP contribution in [-0.2, 0) is 19.3 Å². The standard InChI is InChI=1S/C18H31N/c1-6-15-8-9-16(7-2)17(14-15)10-11-18(3,4)12-13-19-5/h8-9,14,19H,6-7,10-13H2,1-5H3. The van der Waals surface area contributed by atoms with Gasteiger partial charge in [0, 0.05) is 0 Å². The predicted molar refractivity (Wildman–Crippen MR) is 85.8 cm³/mol. The third kappa shape index (κ3) is 5.36. The predicted octanol–water partition coefficient (Wildman–Crippen LogP) is 4.38. The van der Waals surface area contributed by atoms with Crippen molar-refractivity contribution in [2.45, 2.75) is 59.8 Å². The van der Waals surface area contributed by atoms with Crippen LogP contribution in [0.5, 0.6) is 0 Å². The fourth-order valence-corrected chi connectivity index (χ4v) is 2.54. The quantitative estimate of drug-likeness (QED) is 0.732. The maximum atomic E-state index is 3.26. The molecule has 1 aromatic carbocycles. The summed E-state index contributed by atoms with van der Waals surface area (Å²) in [5.41, 5.74) is 5.00. The van der Waals surface area contributed by atoms with Crippen LogP contribution in [0.4, 0.5) is 0 Å². The van der Waals surface area contributed by atoms with E-state index in [0.29, 0.717) is 5.41 Å². The van der Waals surface area contributed by atoms with Gasteiger partial charge in [0.2, 0.25) is 0 Å². The Hall–Kier alpha value is -0.820. The van der Waals surface area contributed by atoms with Crippen LogP contribution in [-0.4, -0.2) is 13.6 Å². The zero-order valence-electron chi connectivity index (χ0n) is 13.5. The zero-order chi connectivity index (χ0) is 14.3. The van der Waals surface area contributed by atoms with Crippen molar-refractivity contribution in [2.24, 2.45) is 5.41 Å². The average molecular weight is 261 g/mol. The summed E-state index contributed by atoms with van der Waals surface area (Å²) >= 11 is 0. The number of rotatable bonds is 8. The highest BCUT2D eigenvalue weighted by atomic mass is 14.8. The van der Waals surface area contributed by atoms with Crippen LogP contribution < -0.4 is 5.32 Å². The van der Waals surface area contributed by atoms with Gasteiger partial charge >= 0.3 is 0 Å². The molecule has 0 spiro atoms. The van der Waals surface area contributed by atoms with Gasteiger partial charge in [-0.15, -0.1) is 0 Å². The first-order chi connectivity index (χ1) is 9.02. The maximum absolute atomic E-state index is 3.26. The second kappa shape index (κ2) is 7.69. The summed E-state index contributed by atoms with van der Waals surface area (Å²) < 4.78 is 0. The molecule has 0 radical (unpaired) electrons. The lowest BCUT2D eigenvalue weighted by Crippen LogP contribution is -2.20. The van der Waals surface area contributed by atoms with E-state index in [2.05, 4.69) is 51.2 Å². The molecule has 0 bridgehead atoms. The van der Waals surface area contributed by atoms with Gasteiger partial charge in [0.25, 0.3) is 0 Å². The van der Waals surface area contributed by atoms with E-state index in [0.717, 1.165) is 19.4 Å². The van der Waals surface area contributed by atoms with Crippen LogP contribution >= 0.6 is 0 Å². The Balaban J connectivity index is 2.70. The molecule has 0 amide bonds. The summed E-state index contributed by atoms with van der Waals surface area (Å²) in [5.74, 6) is 0. The highest BCUT2D eigenvalue weighted by molar-refractivity contribution is 5.32. The topological polar surface area (TPSA) is 12.0 Å². The van der Waals surface area contributed by atoms with Gasteiger partial charge in [-0.1, -0.05) is 45.9 Å². The molecule has 1 nitrogen and oxygen atoms in total. The first-order valence-corrected chi connectivity index (χ1v) is 7.77. The van der Waals surface area contributed by atoms with Gasteiger partial charge in [0.1, 0.15) is 0 Å². The minimum absolute atomic E-state index is 0.427. The molecule has 0 unspecified atom stereocenters. The third-order valence-electron chi connectivity index (χ3n) is 4.18. The molecule has 0 aromatic heterocycles. The van der Waals surface area contributed by atoms with Crippen LogP contribution in [0.2, 0.25) is 0 Å². The minimum atomic E-state index is 0.427. The molecule has 1 heteroatoms. The first kappa shape index (κ1) is 16.2. The van der Waals surface area contributed by atoms with Crippen molar-refractivity contribution < 1.29 is 0 Å². The molecule has 0 fully saturated rings. The highest BCUT2D eigenvalue weighted by Gasteiger charge is 2.17. The van der Waals surface area contributed by atoms with Crippen molar-refractivity contribution in [1.82, 2.24) is 5.32 Å². The molecule has 108 valence electrons. The second-order valence-corrected chi connectivity index (χ2v) is 6.33. The smallest absolute Gasteiger partial charge is 0.00468 e. The number of hydrogen-bond acceptors (Lipinski definition) is 1. The van der Waals surface area contributed by atoms with E-state index in [1.165, 1.54) is 30.4 Å². The van der Waals surface area contributed by atoms with Crippen LogP contribution in [0.25, 0.3) is 0 Å². The largest absolute Gasteiger partial charge is 0.320 e. The van der Waals surface area contributed by atoms with Crippen molar-refractivity contribution in [1.29, 1.82) is 0 Å². The Bertz CT molecular complexity index is 379. The van der Waals surface area contributed by atoms with Crippen LogP contribution in [0, 0.1) is 5.41 Å². The molecular formula is C18H31N. The van der Waals surface area contributed by atoms with E-state index < -0.39 is 0 Å². The summed E-state index contributed by atoms with van der Waals surface area (Å²) in [4.78, 5) is 0. The lowest BCUT2D eigenvalue weighted by atomic mass is 9.82. The molecule has 19 heavy (non-hydrogen) atoms. The number of benzene rings is 1. The van der Waals surface area contributed by atoms with E-state index in [1.54, 1.807) is 5.56 Å². The number of nitrogens with one attached hydrogen (secondary N) is 1. The van der Waals surface area contributed by atoms with E-state index >= 15 is 0 Å². The van der Waals surface area contributed by atoms with Crippen molar-refractivity contribution >= 4 is 0 Å². The molecule has 1 N–H and O–H groups in total. The third-order valence-corrected chi connectivity index (χ3v) is 4.18. The molecule has 0 saturated heterocycles. The lowest BCUT2D eigenvalue weighted by Gasteiger charge is -2.25. The van der Waals surface area contributed by atoms with Gasteiger partial charge in [-0.3, -0.25) is 0 Å².